The van der Waals surface area contributed by atoms with Crippen LogP contribution in [0.1, 0.15) is 34.6 Å². The molecule has 1 aliphatic rings. The normalized spacial score (nSPS) is 18.7. The Balaban J connectivity index is 1.89. The highest BCUT2D eigenvalue weighted by Crippen LogP contribution is 2.62. The Hall–Kier alpha value is -2.37. The van der Waals surface area contributed by atoms with Gasteiger partial charge in [-0.1, -0.05) is 95.3 Å². The smallest absolute Gasteiger partial charge is 0.128 e. The second kappa shape index (κ2) is 7.10. The van der Waals surface area contributed by atoms with Crippen molar-refractivity contribution in [2.75, 3.05) is 0 Å². The predicted octanol–water partition coefficient (Wildman–Crippen LogP) is 7.94. The minimum atomic E-state index is -0.482. The molecular weight excluding hydrogens is 383 g/mol. The van der Waals surface area contributed by atoms with E-state index in [1.54, 1.807) is 0 Å². The third kappa shape index (κ3) is 3.03. The number of fused-ring (bicyclic) bond motifs is 3. The second-order valence-corrected chi connectivity index (χ2v) is 12.7. The third-order valence-corrected chi connectivity index (χ3v) is 9.67. The van der Waals surface area contributed by atoms with E-state index in [0.29, 0.717) is 5.92 Å². The highest BCUT2D eigenvalue weighted by atomic mass is 31.1. The summed E-state index contributed by atoms with van der Waals surface area (Å²) in [6, 6.07) is 26.6. The van der Waals surface area contributed by atoms with Crippen molar-refractivity contribution >= 4 is 34.8 Å². The van der Waals surface area contributed by atoms with Gasteiger partial charge in [-0.15, -0.1) is 0 Å². The van der Waals surface area contributed by atoms with Crippen LogP contribution in [0.4, 0.5) is 0 Å². The molecule has 152 valence electrons. The first kappa shape index (κ1) is 19.6. The van der Waals surface area contributed by atoms with E-state index in [2.05, 4.69) is 107 Å². The van der Waals surface area contributed by atoms with Gasteiger partial charge in [0.1, 0.15) is 11.6 Å². The number of benzene rings is 4. The van der Waals surface area contributed by atoms with Crippen LogP contribution in [0.5, 0.6) is 5.75 Å². The summed E-state index contributed by atoms with van der Waals surface area (Å²) in [4.78, 5) is 0. The van der Waals surface area contributed by atoms with Gasteiger partial charge < -0.3 is 4.74 Å². The van der Waals surface area contributed by atoms with Crippen LogP contribution in [0, 0.1) is 5.92 Å². The maximum absolute atomic E-state index is 6.62. The van der Waals surface area contributed by atoms with E-state index in [4.69, 9.17) is 4.74 Å². The standard InChI is InChI=1S/C28H29OP/c1-18(2)27-29-24-16-10-15-23(26(24)30(27)28(3,4)5)25-21-13-8-6-11-19(21)17-20-12-7-9-14-22(20)25/h6-18,27H,1-5H3/t27?,30-/m1/s1. The summed E-state index contributed by atoms with van der Waals surface area (Å²) >= 11 is 0. The van der Waals surface area contributed by atoms with Crippen molar-refractivity contribution in [3.8, 4) is 16.9 Å². The van der Waals surface area contributed by atoms with Gasteiger partial charge in [0.2, 0.25) is 0 Å². The molecule has 5 rings (SSSR count). The zero-order valence-corrected chi connectivity index (χ0v) is 19.3. The van der Waals surface area contributed by atoms with Gasteiger partial charge in [0.05, 0.1) is 0 Å². The fraction of sp³-hybridized carbons (Fsp3) is 0.286. The Morgan fingerprint density at radius 2 is 1.40 bits per heavy atom. The molecule has 0 saturated carbocycles. The first-order valence-corrected chi connectivity index (χ1v) is 12.3. The maximum atomic E-state index is 6.62. The van der Waals surface area contributed by atoms with Crippen LogP contribution in [-0.2, 0) is 0 Å². The average Bonchev–Trinajstić information content (AvgIpc) is 3.13. The number of hydrogen-bond acceptors (Lipinski definition) is 1. The van der Waals surface area contributed by atoms with Crippen molar-refractivity contribution in [2.24, 2.45) is 5.92 Å². The van der Waals surface area contributed by atoms with E-state index < -0.39 is 7.92 Å². The van der Waals surface area contributed by atoms with Crippen LogP contribution >= 0.6 is 7.92 Å². The van der Waals surface area contributed by atoms with Gasteiger partial charge in [-0.2, -0.15) is 0 Å². The molecule has 2 atom stereocenters. The fourth-order valence-electron chi connectivity index (χ4n) is 4.83. The molecule has 30 heavy (non-hydrogen) atoms. The van der Waals surface area contributed by atoms with Gasteiger partial charge in [0.15, 0.2) is 0 Å². The van der Waals surface area contributed by atoms with Crippen LogP contribution in [0.3, 0.4) is 0 Å². The zero-order valence-electron chi connectivity index (χ0n) is 18.4. The Labute approximate surface area is 180 Å². The molecule has 0 saturated heterocycles. The molecule has 2 heteroatoms. The van der Waals surface area contributed by atoms with Crippen molar-refractivity contribution < 1.29 is 4.74 Å². The van der Waals surface area contributed by atoms with Crippen LogP contribution in [-0.4, -0.2) is 11.0 Å². The molecule has 1 aliphatic heterocycles. The Kier molecular flexibility index (Phi) is 4.64. The summed E-state index contributed by atoms with van der Waals surface area (Å²) < 4.78 is 6.62. The van der Waals surface area contributed by atoms with Crippen LogP contribution in [0.25, 0.3) is 32.7 Å². The van der Waals surface area contributed by atoms with Gasteiger partial charge in [-0.05, 0) is 63.8 Å². The SMILES string of the molecule is CC(C)C1Oc2cccc(-c3c4ccccc4cc4ccccc34)c2[P@@]1C(C)(C)C. The van der Waals surface area contributed by atoms with E-state index >= 15 is 0 Å². The lowest BCUT2D eigenvalue weighted by Gasteiger charge is -2.34. The van der Waals surface area contributed by atoms with Crippen molar-refractivity contribution in [3.05, 3.63) is 72.8 Å². The second-order valence-electron chi connectivity index (χ2n) is 9.64. The molecule has 1 nitrogen and oxygen atoms in total. The minimum absolute atomic E-state index is 0.173. The Morgan fingerprint density at radius 3 is 1.97 bits per heavy atom. The molecule has 1 unspecified atom stereocenters. The van der Waals surface area contributed by atoms with E-state index in [9.17, 15) is 0 Å². The van der Waals surface area contributed by atoms with Gasteiger partial charge in [0, 0.05) is 5.30 Å². The summed E-state index contributed by atoms with van der Waals surface area (Å²) in [5, 5.41) is 6.85. The van der Waals surface area contributed by atoms with E-state index in [1.165, 1.54) is 38.0 Å². The predicted molar refractivity (Wildman–Crippen MR) is 132 cm³/mol. The molecule has 4 aromatic carbocycles. The molecule has 0 N–H and O–H groups in total. The highest BCUT2D eigenvalue weighted by molar-refractivity contribution is 7.68. The average molecular weight is 413 g/mol. The number of rotatable bonds is 2. The maximum Gasteiger partial charge on any atom is 0.128 e. The van der Waals surface area contributed by atoms with Crippen LogP contribution in [0.2, 0.25) is 0 Å². The molecule has 0 fully saturated rings. The van der Waals surface area contributed by atoms with Crippen LogP contribution in [0.15, 0.2) is 72.8 Å². The summed E-state index contributed by atoms with van der Waals surface area (Å²) in [7, 11) is -0.482. The molecular formula is C28H29OP. The van der Waals surface area contributed by atoms with E-state index in [1.807, 2.05) is 0 Å². The first-order valence-electron chi connectivity index (χ1n) is 10.9. The van der Waals surface area contributed by atoms with Crippen molar-refractivity contribution in [1.82, 2.24) is 0 Å². The zero-order chi connectivity index (χ0) is 21.0. The molecule has 0 amide bonds. The molecule has 0 aliphatic carbocycles. The van der Waals surface area contributed by atoms with Crippen LogP contribution < -0.4 is 10.0 Å². The van der Waals surface area contributed by atoms with E-state index in [0.717, 1.165) is 5.75 Å². The molecule has 0 spiro atoms. The molecule has 0 bridgehead atoms. The van der Waals surface area contributed by atoms with E-state index in [-0.39, 0.29) is 11.0 Å². The summed E-state index contributed by atoms with van der Waals surface area (Å²) in [6.07, 6.45) is 0. The lowest BCUT2D eigenvalue weighted by molar-refractivity contribution is 0.240. The van der Waals surface area contributed by atoms with Gasteiger partial charge in [-0.3, -0.25) is 0 Å². The summed E-state index contributed by atoms with van der Waals surface area (Å²) in [5.41, 5.74) is 2.70. The quantitative estimate of drug-likeness (QED) is 0.240. The largest absolute Gasteiger partial charge is 0.485 e. The lowest BCUT2D eigenvalue weighted by atomic mass is 9.92. The topological polar surface area (TPSA) is 9.23 Å². The Bertz CT molecular complexity index is 1190. The summed E-state index contributed by atoms with van der Waals surface area (Å²) in [6.45, 7) is 11.7. The van der Waals surface area contributed by atoms with Crippen molar-refractivity contribution in [2.45, 2.75) is 45.6 Å². The molecule has 1 heterocycles. The number of hydrogen-bond donors (Lipinski definition) is 0. The molecule has 0 aromatic heterocycles. The molecule has 4 aromatic rings. The third-order valence-electron chi connectivity index (χ3n) is 6.08. The molecule has 0 radical (unpaired) electrons. The highest BCUT2D eigenvalue weighted by Gasteiger charge is 2.44. The van der Waals surface area contributed by atoms with Gasteiger partial charge in [0.25, 0.3) is 0 Å². The monoisotopic (exact) mass is 412 g/mol. The van der Waals surface area contributed by atoms with Crippen molar-refractivity contribution in [1.29, 1.82) is 0 Å². The fourth-order valence-corrected chi connectivity index (χ4v) is 8.15. The minimum Gasteiger partial charge on any atom is -0.485 e. The lowest BCUT2D eigenvalue weighted by Crippen LogP contribution is -2.27. The van der Waals surface area contributed by atoms with Gasteiger partial charge in [-0.25, -0.2) is 0 Å². The Morgan fingerprint density at radius 1 is 0.800 bits per heavy atom. The summed E-state index contributed by atoms with van der Waals surface area (Å²) in [5.74, 6) is 1.83. The first-order chi connectivity index (χ1) is 14.4. The van der Waals surface area contributed by atoms with Gasteiger partial charge >= 0.3 is 0 Å². The van der Waals surface area contributed by atoms with Crippen molar-refractivity contribution in [3.63, 3.8) is 0 Å². The number of ether oxygens (including phenoxy) is 1.